The van der Waals surface area contributed by atoms with E-state index in [-0.39, 0.29) is 18.4 Å². The molecule has 1 aliphatic rings. The molecular weight excluding hydrogens is 364 g/mol. The van der Waals surface area contributed by atoms with E-state index < -0.39 is 5.41 Å². The fourth-order valence-electron chi connectivity index (χ4n) is 3.98. The zero-order valence-corrected chi connectivity index (χ0v) is 17.3. The lowest BCUT2D eigenvalue weighted by atomic mass is 9.87. The lowest BCUT2D eigenvalue weighted by Crippen LogP contribution is -2.31. The molecule has 0 radical (unpaired) electrons. The van der Waals surface area contributed by atoms with Crippen LogP contribution in [0.2, 0.25) is 0 Å². The molecule has 0 spiro atoms. The second-order valence-corrected chi connectivity index (χ2v) is 8.88. The van der Waals surface area contributed by atoms with E-state index in [9.17, 15) is 9.90 Å². The number of ketones is 1. The number of nitrogens with zero attached hydrogens (tertiary/aromatic N) is 3. The van der Waals surface area contributed by atoms with Gasteiger partial charge in [0.05, 0.1) is 24.1 Å². The smallest absolute Gasteiger partial charge is 0.171 e. The van der Waals surface area contributed by atoms with E-state index in [1.54, 1.807) is 12.4 Å². The number of benzene rings is 1. The number of carbonyl (C=O) groups is 1. The number of nitrogens with one attached hydrogen (secondary N) is 1. The summed E-state index contributed by atoms with van der Waals surface area (Å²) in [5.41, 5.74) is 4.26. The summed E-state index contributed by atoms with van der Waals surface area (Å²) in [5, 5.41) is 9.56. The summed E-state index contributed by atoms with van der Waals surface area (Å²) in [6.45, 7) is 7.77. The van der Waals surface area contributed by atoms with E-state index in [1.165, 1.54) is 5.56 Å². The third-order valence-electron chi connectivity index (χ3n) is 5.62. The van der Waals surface area contributed by atoms with Gasteiger partial charge in [-0.05, 0) is 31.0 Å². The van der Waals surface area contributed by atoms with Crippen LogP contribution in [-0.2, 0) is 6.54 Å². The lowest BCUT2D eigenvalue weighted by Gasteiger charge is -2.22. The molecule has 1 aliphatic heterocycles. The highest BCUT2D eigenvalue weighted by atomic mass is 16.3. The van der Waals surface area contributed by atoms with Crippen molar-refractivity contribution < 1.29 is 9.90 Å². The van der Waals surface area contributed by atoms with Gasteiger partial charge in [0.15, 0.2) is 11.4 Å². The van der Waals surface area contributed by atoms with Crippen LogP contribution in [0.4, 0.5) is 0 Å². The number of aromatic nitrogens is 3. The summed E-state index contributed by atoms with van der Waals surface area (Å²) in [6, 6.07) is 8.53. The molecule has 29 heavy (non-hydrogen) atoms. The number of aliphatic hydroxyl groups excluding tert-OH is 1. The van der Waals surface area contributed by atoms with Crippen LogP contribution in [-0.4, -0.2) is 49.9 Å². The third kappa shape index (κ3) is 3.95. The van der Waals surface area contributed by atoms with E-state index in [2.05, 4.69) is 27.0 Å². The molecule has 2 aromatic heterocycles. The second kappa shape index (κ2) is 7.69. The first-order chi connectivity index (χ1) is 13.9. The van der Waals surface area contributed by atoms with E-state index in [0.717, 1.165) is 37.2 Å². The van der Waals surface area contributed by atoms with Crippen molar-refractivity contribution in [2.75, 3.05) is 13.2 Å². The molecule has 2 N–H and O–H groups in total. The van der Waals surface area contributed by atoms with E-state index >= 15 is 0 Å². The van der Waals surface area contributed by atoms with E-state index in [1.807, 2.05) is 32.9 Å². The number of aromatic amines is 1. The highest BCUT2D eigenvalue weighted by Gasteiger charge is 2.27. The number of rotatable bonds is 5. The van der Waals surface area contributed by atoms with Crippen LogP contribution in [0.5, 0.6) is 0 Å². The Balaban J connectivity index is 1.65. The Bertz CT molecular complexity index is 1030. The number of carbonyl (C=O) groups excluding carboxylic acids is 1. The van der Waals surface area contributed by atoms with Crippen LogP contribution >= 0.6 is 0 Å². The molecule has 1 atom stereocenters. The fourth-order valence-corrected chi connectivity index (χ4v) is 3.98. The highest BCUT2D eigenvalue weighted by Crippen LogP contribution is 2.28. The minimum Gasteiger partial charge on any atom is -0.395 e. The highest BCUT2D eigenvalue weighted by molar-refractivity contribution is 6.08. The predicted molar refractivity (Wildman–Crippen MR) is 114 cm³/mol. The fraction of sp³-hybridized carbons (Fsp3) is 0.435. The molecule has 3 aromatic rings. The van der Waals surface area contributed by atoms with Gasteiger partial charge < -0.3 is 10.1 Å². The molecule has 0 aliphatic carbocycles. The number of hydrogen-bond donors (Lipinski definition) is 2. The normalized spacial score (nSPS) is 17.9. The molecule has 0 bridgehead atoms. The Morgan fingerprint density at radius 1 is 1.34 bits per heavy atom. The number of likely N-dealkylation sites (tertiary alicyclic amines) is 1. The molecule has 0 amide bonds. The van der Waals surface area contributed by atoms with E-state index in [0.29, 0.717) is 16.7 Å². The van der Waals surface area contributed by atoms with Gasteiger partial charge in [0, 0.05) is 29.8 Å². The number of aliphatic hydroxyl groups is 1. The molecule has 4 rings (SSSR count). The van der Waals surface area contributed by atoms with E-state index in [4.69, 9.17) is 4.98 Å². The Kier molecular flexibility index (Phi) is 5.23. The standard InChI is InChI=1S/C23H28N4O2/c1-23(2,3)21(29)18-11-24-22-20(18)26-19(12-25-22)16-7-4-6-15(10-16)13-27-9-5-8-17(27)14-28/h4,6-7,10-12,17,28H,5,8-9,13-14H2,1-3H3,(H,24,25)/t17-/m1/s1. The van der Waals surface area contributed by atoms with Gasteiger partial charge in [-0.1, -0.05) is 39.0 Å². The number of Topliss-reactive ketones (excluding diaryl/α,β-unsaturated/α-hetero) is 1. The SMILES string of the molecule is CC(C)(C)C(=O)c1c[nH]c2ncc(-c3cccc(CN4CCC[C@@H]4CO)c3)nc12. The van der Waals surface area contributed by atoms with Gasteiger partial charge in [-0.2, -0.15) is 0 Å². The number of hydrogen-bond acceptors (Lipinski definition) is 5. The molecule has 1 aromatic carbocycles. The van der Waals surface area contributed by atoms with Crippen molar-refractivity contribution in [3.8, 4) is 11.3 Å². The van der Waals surface area contributed by atoms with Gasteiger partial charge in [0.25, 0.3) is 0 Å². The van der Waals surface area contributed by atoms with Crippen molar-refractivity contribution in [3.63, 3.8) is 0 Å². The minimum absolute atomic E-state index is 0.0491. The number of fused-ring (bicyclic) bond motifs is 1. The summed E-state index contributed by atoms with van der Waals surface area (Å²) < 4.78 is 0. The minimum atomic E-state index is -0.480. The quantitative estimate of drug-likeness (QED) is 0.645. The molecule has 3 heterocycles. The average Bonchev–Trinajstić information content (AvgIpc) is 3.32. The predicted octanol–water partition coefficient (Wildman–Crippen LogP) is 3.81. The molecule has 1 saturated heterocycles. The Morgan fingerprint density at radius 2 is 2.17 bits per heavy atom. The first-order valence-electron chi connectivity index (χ1n) is 10.2. The third-order valence-corrected chi connectivity index (χ3v) is 5.62. The zero-order chi connectivity index (χ0) is 20.6. The Labute approximate surface area is 171 Å². The van der Waals surface area contributed by atoms with Crippen LogP contribution in [0.1, 0.15) is 49.5 Å². The molecule has 1 fully saturated rings. The van der Waals surface area contributed by atoms with Gasteiger partial charge in [-0.3, -0.25) is 9.69 Å². The summed E-state index contributed by atoms with van der Waals surface area (Å²) >= 11 is 0. The van der Waals surface area contributed by atoms with Gasteiger partial charge in [-0.15, -0.1) is 0 Å². The zero-order valence-electron chi connectivity index (χ0n) is 17.3. The maximum Gasteiger partial charge on any atom is 0.171 e. The average molecular weight is 393 g/mol. The summed E-state index contributed by atoms with van der Waals surface area (Å²) in [4.78, 5) is 27.4. The van der Waals surface area contributed by atoms with Gasteiger partial charge in [0.2, 0.25) is 0 Å². The first-order valence-corrected chi connectivity index (χ1v) is 10.2. The van der Waals surface area contributed by atoms with Crippen molar-refractivity contribution in [3.05, 3.63) is 47.8 Å². The molecular formula is C23H28N4O2. The molecule has 6 nitrogen and oxygen atoms in total. The summed E-state index contributed by atoms with van der Waals surface area (Å²) in [5.74, 6) is 0.0491. The van der Waals surface area contributed by atoms with Crippen LogP contribution in [0.15, 0.2) is 36.7 Å². The van der Waals surface area contributed by atoms with Crippen molar-refractivity contribution in [2.24, 2.45) is 5.41 Å². The van der Waals surface area contributed by atoms with Crippen molar-refractivity contribution in [2.45, 2.75) is 46.2 Å². The van der Waals surface area contributed by atoms with Crippen LogP contribution in [0, 0.1) is 5.41 Å². The van der Waals surface area contributed by atoms with Crippen LogP contribution in [0.3, 0.4) is 0 Å². The molecule has 0 unspecified atom stereocenters. The Morgan fingerprint density at radius 3 is 2.93 bits per heavy atom. The molecule has 6 heteroatoms. The first kappa shape index (κ1) is 19.7. The van der Waals surface area contributed by atoms with Crippen molar-refractivity contribution >= 4 is 16.9 Å². The Hall–Kier alpha value is -2.57. The molecule has 0 saturated carbocycles. The second-order valence-electron chi connectivity index (χ2n) is 8.88. The van der Waals surface area contributed by atoms with Gasteiger partial charge in [-0.25, -0.2) is 9.97 Å². The van der Waals surface area contributed by atoms with Crippen molar-refractivity contribution in [1.29, 1.82) is 0 Å². The van der Waals surface area contributed by atoms with Crippen molar-refractivity contribution in [1.82, 2.24) is 19.9 Å². The maximum absolute atomic E-state index is 12.8. The maximum atomic E-state index is 12.8. The lowest BCUT2D eigenvalue weighted by molar-refractivity contribution is 0.0860. The molecule has 152 valence electrons. The number of H-pyrrole nitrogens is 1. The van der Waals surface area contributed by atoms with Crippen LogP contribution in [0.25, 0.3) is 22.4 Å². The summed E-state index contributed by atoms with van der Waals surface area (Å²) in [7, 11) is 0. The summed E-state index contributed by atoms with van der Waals surface area (Å²) in [6.07, 6.45) is 5.64. The monoisotopic (exact) mass is 392 g/mol. The topological polar surface area (TPSA) is 82.1 Å². The van der Waals surface area contributed by atoms with Gasteiger partial charge in [0.1, 0.15) is 5.52 Å². The van der Waals surface area contributed by atoms with Gasteiger partial charge >= 0.3 is 0 Å². The van der Waals surface area contributed by atoms with Crippen LogP contribution < -0.4 is 0 Å². The largest absolute Gasteiger partial charge is 0.395 e.